The summed E-state index contributed by atoms with van der Waals surface area (Å²) < 4.78 is 26.6. The minimum absolute atomic E-state index is 0.131. The van der Waals surface area contributed by atoms with Gasteiger partial charge in [-0.1, -0.05) is 0 Å². The van der Waals surface area contributed by atoms with Gasteiger partial charge in [-0.3, -0.25) is 4.79 Å². The van der Waals surface area contributed by atoms with E-state index < -0.39 is 24.6 Å². The van der Waals surface area contributed by atoms with Crippen molar-refractivity contribution in [3.8, 4) is 6.07 Å². The summed E-state index contributed by atoms with van der Waals surface area (Å²) >= 11 is 0. The number of rotatable bonds is 4. The minimum Gasteiger partial charge on any atom is -0.391 e. The highest BCUT2D eigenvalue weighted by molar-refractivity contribution is 5.99. The quantitative estimate of drug-likeness (QED) is 0.854. The zero-order valence-electron chi connectivity index (χ0n) is 16.5. The Kier molecular flexibility index (Phi) is 5.80. The molecule has 1 aromatic carbocycles. The molecule has 1 fully saturated rings. The fraction of sp³-hybridized carbons (Fsp3) is 0.381. The first-order valence-corrected chi connectivity index (χ1v) is 9.21. The number of alkyl halides is 1. The van der Waals surface area contributed by atoms with Crippen LogP contribution in [-0.2, 0) is 11.5 Å². The number of anilines is 2. The lowest BCUT2D eigenvalue weighted by Gasteiger charge is -2.29. The van der Waals surface area contributed by atoms with E-state index >= 15 is 0 Å². The minimum atomic E-state index is -0.978. The zero-order chi connectivity index (χ0) is 21.3. The molecule has 3 rings (SSSR count). The summed E-state index contributed by atoms with van der Waals surface area (Å²) in [6.07, 6.45) is -0.596. The molecule has 29 heavy (non-hydrogen) atoms. The number of benzene rings is 1. The van der Waals surface area contributed by atoms with Crippen LogP contribution in [0.1, 0.15) is 28.8 Å². The second kappa shape index (κ2) is 8.13. The third-order valence-corrected chi connectivity index (χ3v) is 5.16. The molecule has 6 nitrogen and oxygen atoms in total. The summed E-state index contributed by atoms with van der Waals surface area (Å²) in [6, 6.07) is 6.97. The summed E-state index contributed by atoms with van der Waals surface area (Å²) in [7, 11) is 1.51. The highest BCUT2D eigenvalue weighted by Crippen LogP contribution is 2.31. The molecular weight excluding hydrogens is 378 g/mol. The molecule has 2 atom stereocenters. The molecule has 152 valence electrons. The van der Waals surface area contributed by atoms with Gasteiger partial charge in [-0.2, -0.15) is 5.26 Å². The predicted octanol–water partition coefficient (Wildman–Crippen LogP) is 2.78. The Morgan fingerprint density at radius 3 is 2.79 bits per heavy atom. The first kappa shape index (κ1) is 20.7. The van der Waals surface area contributed by atoms with Crippen molar-refractivity contribution in [1.29, 1.82) is 5.26 Å². The van der Waals surface area contributed by atoms with Gasteiger partial charge in [-0.25, -0.2) is 13.8 Å². The number of nitrogens with zero attached hydrogens (tertiary/aromatic N) is 4. The summed E-state index contributed by atoms with van der Waals surface area (Å²) in [6.45, 7) is 2.77. The van der Waals surface area contributed by atoms with Crippen molar-refractivity contribution in [2.24, 2.45) is 0 Å². The molecule has 1 saturated heterocycles. The highest BCUT2D eigenvalue weighted by atomic mass is 19.1. The molecule has 0 radical (unpaired) electrons. The van der Waals surface area contributed by atoms with Crippen molar-refractivity contribution in [3.63, 3.8) is 0 Å². The molecular formula is C21H22F2N4O2. The summed E-state index contributed by atoms with van der Waals surface area (Å²) in [5.74, 6) is -0.673. The van der Waals surface area contributed by atoms with Crippen molar-refractivity contribution < 1.29 is 18.7 Å². The third-order valence-electron chi connectivity index (χ3n) is 5.16. The molecule has 1 aromatic heterocycles. The van der Waals surface area contributed by atoms with E-state index in [0.717, 1.165) is 11.6 Å². The molecule has 0 spiro atoms. The Bertz CT molecular complexity index is 989. The van der Waals surface area contributed by atoms with Gasteiger partial charge >= 0.3 is 0 Å². The Morgan fingerprint density at radius 2 is 2.14 bits per heavy atom. The standard InChI is InChI=1S/C21H22F2N4O2/c1-12-6-13(2)25-20(17(12)10-24)27-11-16(28)8-19(27)21(29)26(3)15-4-5-18(23)14(7-15)9-22/h4-7,16,19,28H,8-9,11H2,1-3H3/t16-,19-/m0/s1. The lowest BCUT2D eigenvalue weighted by atomic mass is 10.1. The van der Waals surface area contributed by atoms with E-state index in [4.69, 9.17) is 0 Å². The fourth-order valence-corrected chi connectivity index (χ4v) is 3.67. The van der Waals surface area contributed by atoms with Crippen molar-refractivity contribution >= 4 is 17.4 Å². The van der Waals surface area contributed by atoms with Gasteiger partial charge < -0.3 is 14.9 Å². The number of hydrogen-bond acceptors (Lipinski definition) is 5. The van der Waals surface area contributed by atoms with E-state index in [1.165, 1.54) is 24.1 Å². The topological polar surface area (TPSA) is 80.5 Å². The smallest absolute Gasteiger partial charge is 0.249 e. The van der Waals surface area contributed by atoms with Crippen molar-refractivity contribution in [2.75, 3.05) is 23.4 Å². The lowest BCUT2D eigenvalue weighted by molar-refractivity contribution is -0.119. The van der Waals surface area contributed by atoms with E-state index in [1.54, 1.807) is 24.8 Å². The molecule has 8 heteroatoms. The first-order chi connectivity index (χ1) is 13.8. The molecule has 0 bridgehead atoms. The molecule has 2 heterocycles. The third kappa shape index (κ3) is 3.91. The van der Waals surface area contributed by atoms with Gasteiger partial charge in [0.15, 0.2) is 0 Å². The molecule has 1 aliphatic heterocycles. The molecule has 1 aliphatic rings. The van der Waals surface area contributed by atoms with E-state index in [-0.39, 0.29) is 24.4 Å². The van der Waals surface area contributed by atoms with Gasteiger partial charge in [-0.05, 0) is 43.7 Å². The molecule has 0 saturated carbocycles. The molecule has 2 aromatic rings. The van der Waals surface area contributed by atoms with Crippen LogP contribution < -0.4 is 9.80 Å². The number of pyridine rings is 1. The Morgan fingerprint density at radius 1 is 1.41 bits per heavy atom. The number of halogens is 2. The van der Waals surface area contributed by atoms with Crippen molar-refractivity contribution in [1.82, 2.24) is 4.98 Å². The van der Waals surface area contributed by atoms with E-state index in [1.807, 2.05) is 0 Å². The monoisotopic (exact) mass is 400 g/mol. The number of aliphatic hydroxyl groups excluding tert-OH is 1. The van der Waals surface area contributed by atoms with Crippen LogP contribution in [0.2, 0.25) is 0 Å². The largest absolute Gasteiger partial charge is 0.391 e. The molecule has 1 N–H and O–H groups in total. The maximum absolute atomic E-state index is 13.6. The Labute approximate surface area is 168 Å². The van der Waals surface area contributed by atoms with Crippen molar-refractivity contribution in [3.05, 3.63) is 52.5 Å². The van der Waals surface area contributed by atoms with Gasteiger partial charge in [0.25, 0.3) is 0 Å². The maximum Gasteiger partial charge on any atom is 0.249 e. The number of aryl methyl sites for hydroxylation is 2. The summed E-state index contributed by atoms with van der Waals surface area (Å²) in [5, 5.41) is 19.8. The first-order valence-electron chi connectivity index (χ1n) is 9.21. The normalized spacial score (nSPS) is 18.6. The number of aromatic nitrogens is 1. The average molecular weight is 400 g/mol. The van der Waals surface area contributed by atoms with Crippen LogP contribution in [-0.4, -0.2) is 41.7 Å². The average Bonchev–Trinajstić information content (AvgIpc) is 3.08. The van der Waals surface area contributed by atoms with E-state index in [2.05, 4.69) is 11.1 Å². The number of nitriles is 1. The van der Waals surface area contributed by atoms with E-state index in [9.17, 15) is 23.9 Å². The van der Waals surface area contributed by atoms with Crippen LogP contribution in [0, 0.1) is 31.0 Å². The molecule has 1 amide bonds. The van der Waals surface area contributed by atoms with Gasteiger partial charge in [0.05, 0.1) is 11.7 Å². The second-order valence-electron chi connectivity index (χ2n) is 7.26. The number of aliphatic hydroxyl groups is 1. The second-order valence-corrected chi connectivity index (χ2v) is 7.26. The number of carbonyl (C=O) groups is 1. The Balaban J connectivity index is 1.97. The van der Waals surface area contributed by atoms with Gasteiger partial charge in [0.2, 0.25) is 5.91 Å². The van der Waals surface area contributed by atoms with Crippen LogP contribution >= 0.6 is 0 Å². The predicted molar refractivity (Wildman–Crippen MR) is 105 cm³/mol. The number of amides is 1. The van der Waals surface area contributed by atoms with Crippen LogP contribution in [0.15, 0.2) is 24.3 Å². The number of carbonyl (C=O) groups excluding carboxylic acids is 1. The van der Waals surface area contributed by atoms with E-state index in [0.29, 0.717) is 22.8 Å². The van der Waals surface area contributed by atoms with Crippen LogP contribution in [0.5, 0.6) is 0 Å². The lowest BCUT2D eigenvalue weighted by Crippen LogP contribution is -2.45. The SMILES string of the molecule is Cc1cc(C)c(C#N)c(N2C[C@@H](O)C[C@H]2C(=O)N(C)c2ccc(F)c(CF)c2)n1. The van der Waals surface area contributed by atoms with Gasteiger partial charge in [0, 0.05) is 37.0 Å². The fourth-order valence-electron chi connectivity index (χ4n) is 3.67. The maximum atomic E-state index is 13.6. The number of likely N-dealkylation sites (N-methyl/N-ethyl adjacent to an activating group) is 1. The zero-order valence-corrected chi connectivity index (χ0v) is 16.5. The molecule has 0 aliphatic carbocycles. The van der Waals surface area contributed by atoms with Crippen LogP contribution in [0.4, 0.5) is 20.3 Å². The summed E-state index contributed by atoms with van der Waals surface area (Å²) in [5.41, 5.74) is 2.00. The van der Waals surface area contributed by atoms with Gasteiger partial charge in [0.1, 0.15) is 30.4 Å². The van der Waals surface area contributed by atoms with Crippen molar-refractivity contribution in [2.45, 2.75) is 39.1 Å². The highest BCUT2D eigenvalue weighted by Gasteiger charge is 2.39. The Hall–Kier alpha value is -3.05. The van der Waals surface area contributed by atoms with Gasteiger partial charge in [-0.15, -0.1) is 0 Å². The number of β-amino-alcohol motifs (C(OH)–C–C–N with tert-alkyl or cyclic N) is 1. The van der Waals surface area contributed by atoms with Crippen LogP contribution in [0.3, 0.4) is 0 Å². The number of hydrogen-bond donors (Lipinski definition) is 1. The molecule has 0 unspecified atom stereocenters. The summed E-state index contributed by atoms with van der Waals surface area (Å²) in [4.78, 5) is 20.6. The van der Waals surface area contributed by atoms with Crippen LogP contribution in [0.25, 0.3) is 0 Å².